The maximum Gasteiger partial charge on any atom is 0.461 e. The summed E-state index contributed by atoms with van der Waals surface area (Å²) in [5.74, 6) is -1.23. The fraction of sp³-hybridized carbons (Fsp3) is 0.167. The van der Waals surface area contributed by atoms with E-state index in [1.807, 2.05) is 0 Å². The molecule has 0 saturated heterocycles. The number of halogens is 4. The molecule has 0 fully saturated rings. The number of rotatable bonds is 5. The van der Waals surface area contributed by atoms with E-state index >= 15 is 0 Å². The average Bonchev–Trinajstić information content (AvgIpc) is 2.36. The fourth-order valence-electron chi connectivity index (χ4n) is 1.48. The number of H-pyrrole nitrogens is 1. The zero-order valence-corrected chi connectivity index (χ0v) is 10.7. The Morgan fingerprint density at radius 3 is 2.68 bits per heavy atom. The molecule has 0 aliphatic heterocycles. The molecule has 0 aliphatic carbocycles. The molecule has 0 spiro atoms. The monoisotopic (exact) mass is 319 g/mol. The van der Waals surface area contributed by atoms with E-state index in [4.69, 9.17) is 5.11 Å². The maximum atomic E-state index is 12.8. The third-order valence-electron chi connectivity index (χ3n) is 2.33. The van der Waals surface area contributed by atoms with Gasteiger partial charge in [-0.2, -0.15) is 22.5 Å². The van der Waals surface area contributed by atoms with Gasteiger partial charge in [0.15, 0.2) is 0 Å². The predicted molar refractivity (Wildman–Crippen MR) is 67.8 cm³/mol. The zero-order chi connectivity index (χ0) is 16.3. The summed E-state index contributed by atoms with van der Waals surface area (Å²) in [6.45, 7) is 0. The molecule has 0 saturated carbocycles. The van der Waals surface area contributed by atoms with Crippen LogP contribution in [-0.2, 0) is 0 Å². The van der Waals surface area contributed by atoms with Gasteiger partial charge in [0.05, 0.1) is 6.07 Å². The van der Waals surface area contributed by atoms with Crippen molar-refractivity contribution in [3.8, 4) is 11.6 Å². The first-order valence-electron chi connectivity index (χ1n) is 5.78. The van der Waals surface area contributed by atoms with Crippen molar-refractivity contribution in [2.24, 2.45) is 0 Å². The number of hydrogen-bond donors (Lipinski definition) is 3. The van der Waals surface area contributed by atoms with Crippen molar-refractivity contribution < 1.29 is 27.4 Å². The van der Waals surface area contributed by atoms with Crippen LogP contribution in [0.2, 0.25) is 0 Å². The summed E-state index contributed by atoms with van der Waals surface area (Å²) in [6, 6.07) is 5.53. The minimum atomic E-state index is -4.63. The average molecular weight is 319 g/mol. The van der Waals surface area contributed by atoms with Crippen molar-refractivity contribution in [2.45, 2.75) is 12.5 Å². The largest absolute Gasteiger partial charge is 0.493 e. The minimum Gasteiger partial charge on any atom is -0.493 e. The predicted octanol–water partition coefficient (Wildman–Crippen LogP) is 2.46. The van der Waals surface area contributed by atoms with Crippen molar-refractivity contribution in [3.05, 3.63) is 40.7 Å². The third kappa shape index (κ3) is 3.87. The zero-order valence-electron chi connectivity index (χ0n) is 10.7. The van der Waals surface area contributed by atoms with Gasteiger partial charge in [-0.3, -0.25) is 9.78 Å². The SMILES string of the molecule is O=c1cc(O)nc(Nc2cccc(OC(F)(F)C(F)F)c2)[nH]1. The third-order valence-corrected chi connectivity index (χ3v) is 2.33. The number of benzene rings is 1. The number of aromatic hydroxyl groups is 1. The second kappa shape index (κ2) is 5.92. The standard InChI is InChI=1S/C12H9F4N3O3/c13-10(14)12(15,16)22-7-3-1-2-6(4-7)17-11-18-8(20)5-9(21)19-11/h1-5,10H,(H3,17,18,19,20,21). The first-order chi connectivity index (χ1) is 10.3. The molecule has 0 atom stereocenters. The Bertz CT molecular complexity index is 721. The molecule has 2 rings (SSSR count). The van der Waals surface area contributed by atoms with Crippen LogP contribution in [0.5, 0.6) is 11.6 Å². The number of aromatic nitrogens is 2. The molecule has 10 heteroatoms. The van der Waals surface area contributed by atoms with Crippen molar-refractivity contribution >= 4 is 11.6 Å². The second-order valence-corrected chi connectivity index (χ2v) is 4.07. The summed E-state index contributed by atoms with van der Waals surface area (Å²) in [5.41, 5.74) is -0.525. The molecule has 1 aromatic carbocycles. The summed E-state index contributed by atoms with van der Waals surface area (Å²) in [5, 5.41) is 11.7. The van der Waals surface area contributed by atoms with Crippen LogP contribution < -0.4 is 15.6 Å². The van der Waals surface area contributed by atoms with Crippen LogP contribution in [-0.4, -0.2) is 27.6 Å². The second-order valence-electron chi connectivity index (χ2n) is 4.07. The van der Waals surface area contributed by atoms with Gasteiger partial charge in [-0.25, -0.2) is 0 Å². The van der Waals surface area contributed by atoms with E-state index in [0.717, 1.165) is 18.2 Å². The summed E-state index contributed by atoms with van der Waals surface area (Å²) in [6.07, 6.45) is -8.61. The number of aromatic amines is 1. The van der Waals surface area contributed by atoms with Gasteiger partial charge in [-0.05, 0) is 12.1 Å². The number of anilines is 2. The highest BCUT2D eigenvalue weighted by Crippen LogP contribution is 2.29. The molecule has 6 nitrogen and oxygen atoms in total. The Balaban J connectivity index is 2.20. The molecule has 0 unspecified atom stereocenters. The lowest BCUT2D eigenvalue weighted by atomic mass is 10.3. The van der Waals surface area contributed by atoms with E-state index in [0.29, 0.717) is 0 Å². The topological polar surface area (TPSA) is 87.2 Å². The Morgan fingerprint density at radius 1 is 1.32 bits per heavy atom. The summed E-state index contributed by atoms with van der Waals surface area (Å²) >= 11 is 0. The summed E-state index contributed by atoms with van der Waals surface area (Å²) in [7, 11) is 0. The van der Waals surface area contributed by atoms with Crippen molar-refractivity contribution in [1.82, 2.24) is 9.97 Å². The van der Waals surface area contributed by atoms with E-state index in [2.05, 4.69) is 20.0 Å². The van der Waals surface area contributed by atoms with E-state index in [-0.39, 0.29) is 11.6 Å². The smallest absolute Gasteiger partial charge is 0.461 e. The normalized spacial score (nSPS) is 11.5. The molecule has 0 radical (unpaired) electrons. The van der Waals surface area contributed by atoms with Crippen LogP contribution in [0.4, 0.5) is 29.2 Å². The first-order valence-corrected chi connectivity index (χ1v) is 5.78. The van der Waals surface area contributed by atoms with Crippen molar-refractivity contribution in [1.29, 1.82) is 0 Å². The van der Waals surface area contributed by atoms with Crippen LogP contribution >= 0.6 is 0 Å². The quantitative estimate of drug-likeness (QED) is 0.737. The van der Waals surface area contributed by atoms with E-state index in [1.54, 1.807) is 0 Å². The molecule has 22 heavy (non-hydrogen) atoms. The summed E-state index contributed by atoms with van der Waals surface area (Å²) in [4.78, 5) is 16.9. The highest BCUT2D eigenvalue weighted by Gasteiger charge is 2.43. The Morgan fingerprint density at radius 2 is 2.05 bits per heavy atom. The van der Waals surface area contributed by atoms with Gasteiger partial charge in [0.25, 0.3) is 5.56 Å². The van der Waals surface area contributed by atoms with Gasteiger partial charge >= 0.3 is 12.5 Å². The number of hydrogen-bond acceptors (Lipinski definition) is 5. The highest BCUT2D eigenvalue weighted by atomic mass is 19.3. The lowest BCUT2D eigenvalue weighted by molar-refractivity contribution is -0.253. The Labute approximate surface area is 120 Å². The van der Waals surface area contributed by atoms with Gasteiger partial charge in [0.1, 0.15) is 5.75 Å². The van der Waals surface area contributed by atoms with Crippen LogP contribution in [0.15, 0.2) is 35.1 Å². The number of nitrogens with one attached hydrogen (secondary N) is 2. The van der Waals surface area contributed by atoms with Gasteiger partial charge in [0.2, 0.25) is 11.8 Å². The maximum absolute atomic E-state index is 12.8. The Kier molecular flexibility index (Phi) is 4.20. The molecule has 3 N–H and O–H groups in total. The van der Waals surface area contributed by atoms with Gasteiger partial charge < -0.3 is 15.2 Å². The molecule has 0 bridgehead atoms. The molecular formula is C12H9F4N3O3. The molecule has 0 aliphatic rings. The molecule has 1 aromatic heterocycles. The van der Waals surface area contributed by atoms with Crippen molar-refractivity contribution in [3.63, 3.8) is 0 Å². The van der Waals surface area contributed by atoms with Crippen LogP contribution in [0, 0.1) is 0 Å². The van der Waals surface area contributed by atoms with Crippen molar-refractivity contribution in [2.75, 3.05) is 5.32 Å². The summed E-state index contributed by atoms with van der Waals surface area (Å²) < 4.78 is 53.7. The molecule has 118 valence electrons. The first kappa shape index (κ1) is 15.6. The van der Waals surface area contributed by atoms with E-state index in [1.165, 1.54) is 12.1 Å². The fourth-order valence-corrected chi connectivity index (χ4v) is 1.48. The van der Waals surface area contributed by atoms with Crippen LogP contribution in [0.25, 0.3) is 0 Å². The van der Waals surface area contributed by atoms with E-state index in [9.17, 15) is 22.4 Å². The number of ether oxygens (including phenoxy) is 1. The molecule has 2 aromatic rings. The van der Waals surface area contributed by atoms with Gasteiger partial charge in [-0.1, -0.05) is 6.07 Å². The van der Waals surface area contributed by atoms with E-state index < -0.39 is 29.7 Å². The molecular weight excluding hydrogens is 310 g/mol. The lowest BCUT2D eigenvalue weighted by Crippen LogP contribution is -2.33. The molecule has 0 amide bonds. The minimum absolute atomic E-state index is 0.122. The lowest BCUT2D eigenvalue weighted by Gasteiger charge is -2.17. The number of nitrogens with zero attached hydrogens (tertiary/aromatic N) is 1. The number of alkyl halides is 4. The highest BCUT2D eigenvalue weighted by molar-refractivity contribution is 5.55. The van der Waals surface area contributed by atoms with Crippen LogP contribution in [0.3, 0.4) is 0 Å². The van der Waals surface area contributed by atoms with Gasteiger partial charge in [-0.15, -0.1) is 0 Å². The molecule has 1 heterocycles. The Hall–Kier alpha value is -2.78. The van der Waals surface area contributed by atoms with Crippen LogP contribution in [0.1, 0.15) is 0 Å². The van der Waals surface area contributed by atoms with Gasteiger partial charge in [0, 0.05) is 11.8 Å².